The smallest absolute Gasteiger partial charge is 0.193 e. The van der Waals surface area contributed by atoms with Gasteiger partial charge in [0, 0.05) is 39.9 Å². The molecule has 0 aromatic heterocycles. The summed E-state index contributed by atoms with van der Waals surface area (Å²) in [5.41, 5.74) is 0.604. The lowest BCUT2D eigenvalue weighted by Crippen LogP contribution is -2.41. The van der Waals surface area contributed by atoms with E-state index in [2.05, 4.69) is 17.1 Å². The molecule has 136 valence electrons. The zero-order valence-corrected chi connectivity index (χ0v) is 17.4. The minimum absolute atomic E-state index is 0. The Bertz CT molecular complexity index is 343. The van der Waals surface area contributed by atoms with Crippen LogP contribution in [0.1, 0.15) is 64.7 Å². The number of rotatable bonds is 7. The van der Waals surface area contributed by atoms with Gasteiger partial charge in [-0.05, 0) is 50.9 Å². The molecule has 2 aliphatic rings. The van der Waals surface area contributed by atoms with Crippen molar-refractivity contribution in [2.45, 2.75) is 64.7 Å². The number of likely N-dealkylation sites (tertiary alicyclic amines) is 1. The first-order valence-corrected chi connectivity index (χ1v) is 9.32. The van der Waals surface area contributed by atoms with Gasteiger partial charge in [-0.15, -0.1) is 24.0 Å². The number of guanidine groups is 1. The molecule has 1 aliphatic carbocycles. The van der Waals surface area contributed by atoms with Crippen LogP contribution in [0, 0.1) is 5.41 Å². The van der Waals surface area contributed by atoms with Gasteiger partial charge in [0.15, 0.2) is 5.96 Å². The van der Waals surface area contributed by atoms with Crippen LogP contribution in [-0.2, 0) is 4.74 Å². The summed E-state index contributed by atoms with van der Waals surface area (Å²) in [6, 6.07) is 0. The van der Waals surface area contributed by atoms with Gasteiger partial charge in [-0.3, -0.25) is 4.99 Å². The summed E-state index contributed by atoms with van der Waals surface area (Å²) in [7, 11) is 1.77. The molecule has 0 aromatic rings. The summed E-state index contributed by atoms with van der Waals surface area (Å²) in [5, 5.41) is 3.50. The first-order valence-electron chi connectivity index (χ1n) is 9.32. The summed E-state index contributed by atoms with van der Waals surface area (Å²) >= 11 is 0. The molecule has 1 saturated heterocycles. The van der Waals surface area contributed by atoms with E-state index in [0.717, 1.165) is 38.5 Å². The molecule has 0 amide bonds. The summed E-state index contributed by atoms with van der Waals surface area (Å²) in [4.78, 5) is 7.38. The first-order chi connectivity index (χ1) is 10.8. The third kappa shape index (κ3) is 6.77. The van der Waals surface area contributed by atoms with Gasteiger partial charge in [0.1, 0.15) is 0 Å². The molecule has 0 bridgehead atoms. The maximum absolute atomic E-state index is 5.10. The fourth-order valence-electron chi connectivity index (χ4n) is 3.97. The van der Waals surface area contributed by atoms with Crippen molar-refractivity contribution in [2.24, 2.45) is 10.4 Å². The Kier molecular flexibility index (Phi) is 10.5. The fraction of sp³-hybridized carbons (Fsp3) is 0.944. The average molecular weight is 437 g/mol. The summed E-state index contributed by atoms with van der Waals surface area (Å²) in [6.07, 6.45) is 12.1. The average Bonchev–Trinajstić information content (AvgIpc) is 2.94. The molecule has 2 rings (SSSR count). The Balaban J connectivity index is 0.00000264. The van der Waals surface area contributed by atoms with Crippen molar-refractivity contribution in [2.75, 3.05) is 39.9 Å². The predicted octanol–water partition coefficient (Wildman–Crippen LogP) is 4.04. The van der Waals surface area contributed by atoms with Crippen LogP contribution in [0.15, 0.2) is 4.99 Å². The summed E-state index contributed by atoms with van der Waals surface area (Å²) in [6.45, 7) is 7.36. The Morgan fingerprint density at radius 3 is 2.61 bits per heavy atom. The lowest BCUT2D eigenvalue weighted by Gasteiger charge is -2.33. The number of unbranched alkanes of at least 4 members (excludes halogenated alkanes) is 2. The number of nitrogens with zero attached hydrogens (tertiary/aromatic N) is 2. The van der Waals surface area contributed by atoms with E-state index < -0.39 is 0 Å². The Hall–Kier alpha value is -0.0400. The highest BCUT2D eigenvalue weighted by atomic mass is 127. The highest BCUT2D eigenvalue weighted by molar-refractivity contribution is 14.0. The lowest BCUT2D eigenvalue weighted by atomic mass is 9.73. The molecular weight excluding hydrogens is 401 g/mol. The first kappa shape index (κ1) is 21.0. The van der Waals surface area contributed by atoms with Gasteiger partial charge in [0.25, 0.3) is 0 Å². The third-order valence-electron chi connectivity index (χ3n) is 5.26. The van der Waals surface area contributed by atoms with E-state index in [1.54, 1.807) is 7.11 Å². The number of ether oxygens (including phenoxy) is 1. The van der Waals surface area contributed by atoms with Crippen molar-refractivity contribution in [3.63, 3.8) is 0 Å². The van der Waals surface area contributed by atoms with Crippen molar-refractivity contribution in [3.05, 3.63) is 0 Å². The maximum atomic E-state index is 5.10. The molecule has 0 unspecified atom stereocenters. The zero-order chi connectivity index (χ0) is 15.7. The predicted molar refractivity (Wildman–Crippen MR) is 109 cm³/mol. The number of hydrogen-bond acceptors (Lipinski definition) is 2. The number of aliphatic imine (C=N–C) groups is 1. The van der Waals surface area contributed by atoms with Crippen LogP contribution < -0.4 is 5.32 Å². The van der Waals surface area contributed by atoms with Crippen molar-refractivity contribution < 1.29 is 4.74 Å². The molecule has 1 aliphatic heterocycles. The lowest BCUT2D eigenvalue weighted by molar-refractivity contribution is 0.192. The number of methoxy groups -OCH3 is 1. The molecule has 0 radical (unpaired) electrons. The Morgan fingerprint density at radius 1 is 1.13 bits per heavy atom. The van der Waals surface area contributed by atoms with Crippen molar-refractivity contribution in [1.82, 2.24) is 10.2 Å². The van der Waals surface area contributed by atoms with Gasteiger partial charge in [-0.25, -0.2) is 0 Å². The van der Waals surface area contributed by atoms with E-state index in [-0.39, 0.29) is 24.0 Å². The van der Waals surface area contributed by atoms with E-state index in [4.69, 9.17) is 9.73 Å². The van der Waals surface area contributed by atoms with Crippen molar-refractivity contribution in [1.29, 1.82) is 0 Å². The molecule has 4 nitrogen and oxygen atoms in total. The molecule has 1 N–H and O–H groups in total. The summed E-state index contributed by atoms with van der Waals surface area (Å²) in [5.74, 6) is 1.15. The van der Waals surface area contributed by atoms with Crippen LogP contribution in [0.5, 0.6) is 0 Å². The molecule has 1 saturated carbocycles. The van der Waals surface area contributed by atoms with E-state index in [1.165, 1.54) is 58.0 Å². The van der Waals surface area contributed by atoms with Gasteiger partial charge >= 0.3 is 0 Å². The Labute approximate surface area is 159 Å². The Morgan fingerprint density at radius 2 is 1.91 bits per heavy atom. The highest BCUT2D eigenvalue weighted by Gasteiger charge is 2.39. The minimum atomic E-state index is 0. The highest BCUT2D eigenvalue weighted by Crippen LogP contribution is 2.43. The number of halogens is 1. The van der Waals surface area contributed by atoms with Gasteiger partial charge < -0.3 is 15.0 Å². The molecule has 23 heavy (non-hydrogen) atoms. The third-order valence-corrected chi connectivity index (χ3v) is 5.26. The van der Waals surface area contributed by atoms with Gasteiger partial charge in [0.2, 0.25) is 0 Å². The van der Waals surface area contributed by atoms with Crippen LogP contribution in [0.2, 0.25) is 0 Å². The van der Waals surface area contributed by atoms with Crippen LogP contribution in [-0.4, -0.2) is 50.8 Å². The SMILES string of the molecule is CCNC(=NCCCCCOC)N1CCC2(CCCCC2)C1.I. The monoisotopic (exact) mass is 437 g/mol. The van der Waals surface area contributed by atoms with Gasteiger partial charge in [-0.2, -0.15) is 0 Å². The van der Waals surface area contributed by atoms with Crippen LogP contribution in [0.4, 0.5) is 0 Å². The molecule has 1 spiro atoms. The minimum Gasteiger partial charge on any atom is -0.385 e. The largest absolute Gasteiger partial charge is 0.385 e. The molecule has 0 aromatic carbocycles. The maximum Gasteiger partial charge on any atom is 0.193 e. The quantitative estimate of drug-likeness (QED) is 0.283. The van der Waals surface area contributed by atoms with E-state index in [1.807, 2.05) is 0 Å². The molecular formula is C18H36IN3O. The molecule has 0 atom stereocenters. The van der Waals surface area contributed by atoms with E-state index in [0.29, 0.717) is 5.41 Å². The standard InChI is InChI=1S/C18H35N3O.HI/c1-3-19-17(20-13-8-5-9-15-22-2)21-14-12-18(16-21)10-6-4-7-11-18;/h3-16H2,1-2H3,(H,19,20);1H. The van der Waals surface area contributed by atoms with Crippen molar-refractivity contribution in [3.8, 4) is 0 Å². The normalized spacial score (nSPS) is 20.6. The molecule has 5 heteroatoms. The van der Waals surface area contributed by atoms with Gasteiger partial charge in [0.05, 0.1) is 0 Å². The van der Waals surface area contributed by atoms with Crippen LogP contribution in [0.25, 0.3) is 0 Å². The topological polar surface area (TPSA) is 36.9 Å². The zero-order valence-electron chi connectivity index (χ0n) is 15.1. The summed E-state index contributed by atoms with van der Waals surface area (Å²) < 4.78 is 5.10. The van der Waals surface area contributed by atoms with Gasteiger partial charge in [-0.1, -0.05) is 19.3 Å². The number of nitrogens with one attached hydrogen (secondary N) is 1. The van der Waals surface area contributed by atoms with E-state index in [9.17, 15) is 0 Å². The second-order valence-electron chi connectivity index (χ2n) is 7.02. The molecule has 1 heterocycles. The second-order valence-corrected chi connectivity index (χ2v) is 7.02. The second kappa shape index (κ2) is 11.5. The number of hydrogen-bond donors (Lipinski definition) is 1. The van der Waals surface area contributed by atoms with E-state index >= 15 is 0 Å². The van der Waals surface area contributed by atoms with Crippen molar-refractivity contribution >= 4 is 29.9 Å². The molecule has 2 fully saturated rings. The van der Waals surface area contributed by atoms with Crippen LogP contribution in [0.3, 0.4) is 0 Å². The fourth-order valence-corrected chi connectivity index (χ4v) is 3.97. The van der Waals surface area contributed by atoms with Crippen LogP contribution >= 0.6 is 24.0 Å².